The van der Waals surface area contributed by atoms with Gasteiger partial charge in [-0.2, -0.15) is 0 Å². The molecule has 2 aromatic carbocycles. The Morgan fingerprint density at radius 3 is 2.03 bits per heavy atom. The Morgan fingerprint density at radius 2 is 1.50 bits per heavy atom. The van der Waals surface area contributed by atoms with E-state index < -0.39 is 29.6 Å². The summed E-state index contributed by atoms with van der Waals surface area (Å²) in [5.74, 6) is 0. The summed E-state index contributed by atoms with van der Waals surface area (Å²) in [6.07, 6.45) is 8.33. The normalized spacial score (nSPS) is 14.2. The van der Waals surface area contributed by atoms with Crippen LogP contribution < -0.4 is 24.8 Å². The molecule has 0 radical (unpaired) electrons. The van der Waals surface area contributed by atoms with E-state index in [1.807, 2.05) is 3.28 Å². The van der Waals surface area contributed by atoms with Gasteiger partial charge in [0.2, 0.25) is 0 Å². The molecule has 5 heteroatoms. The first kappa shape index (κ1) is 27.7. The molecule has 32 heavy (non-hydrogen) atoms. The van der Waals surface area contributed by atoms with Crippen molar-refractivity contribution in [3.63, 3.8) is 0 Å². The molecular weight excluding hydrogens is 531 g/mol. The van der Waals surface area contributed by atoms with Crippen molar-refractivity contribution in [1.29, 1.82) is 0 Å². The van der Waals surface area contributed by atoms with Crippen LogP contribution in [0.1, 0.15) is 47.9 Å². The van der Waals surface area contributed by atoms with Gasteiger partial charge >= 0.3 is 192 Å². The Balaban J connectivity index is 0.00000181. The van der Waals surface area contributed by atoms with Gasteiger partial charge in [-0.15, -0.1) is 0 Å². The van der Waals surface area contributed by atoms with Gasteiger partial charge in [0.1, 0.15) is 0 Å². The van der Waals surface area contributed by atoms with E-state index in [-0.39, 0.29) is 24.8 Å². The molecule has 2 aromatic rings. The Bertz CT molecular complexity index is 1000. The molecule has 0 heterocycles. The van der Waals surface area contributed by atoms with Gasteiger partial charge in [0.25, 0.3) is 0 Å². The van der Waals surface area contributed by atoms with Gasteiger partial charge in [-0.1, -0.05) is 0 Å². The van der Waals surface area contributed by atoms with Gasteiger partial charge in [0.05, 0.1) is 0 Å². The van der Waals surface area contributed by atoms with Crippen LogP contribution in [0.4, 0.5) is 0 Å². The van der Waals surface area contributed by atoms with Gasteiger partial charge < -0.3 is 24.8 Å². The van der Waals surface area contributed by atoms with Crippen molar-refractivity contribution < 1.29 is 50.5 Å². The summed E-state index contributed by atoms with van der Waals surface area (Å²) in [4.78, 5) is 0. The second kappa shape index (κ2) is 11.7. The Morgan fingerprint density at radius 1 is 0.938 bits per heavy atom. The van der Waals surface area contributed by atoms with Crippen molar-refractivity contribution in [1.82, 2.24) is 0 Å². The zero-order chi connectivity index (χ0) is 21.3. The Hall–Kier alpha value is -0.570. The van der Waals surface area contributed by atoms with E-state index in [0.29, 0.717) is 3.63 Å². The zero-order valence-corrected chi connectivity index (χ0v) is 24.8. The minimum absolute atomic E-state index is 0. The summed E-state index contributed by atoms with van der Waals surface area (Å²) < 4.78 is 10.3. The smallest absolute Gasteiger partial charge is 1.00 e. The molecule has 0 bridgehead atoms. The molecule has 0 aliphatic heterocycles. The maximum absolute atomic E-state index is 6.13. The van der Waals surface area contributed by atoms with Crippen molar-refractivity contribution in [3.8, 4) is 11.1 Å². The summed E-state index contributed by atoms with van der Waals surface area (Å²) in [5.41, 5.74) is 7.72. The van der Waals surface area contributed by atoms with Crippen LogP contribution in [0.3, 0.4) is 0 Å². The molecule has 0 fully saturated rings. The molecule has 0 atom stereocenters. The van der Waals surface area contributed by atoms with E-state index >= 15 is 0 Å². The first-order valence-electron chi connectivity index (χ1n) is 11.3. The standard InChI is InChI=1S/C13H9.C11H19OSi.C3H6.2ClH.Zr/c1-3-7-12-10(5-1)9-11-6-2-4-8-13(11)12;1-13(2,3)12-10-6-9-11-7-4-5-8-11;1-3-2;;;/h1-9H;4,7H,5-6,9-10H2,1-3H3;1-2H3;2*1H;/q;;;;;+2/p-2. The first-order valence-corrected chi connectivity index (χ1v) is 18.5. The van der Waals surface area contributed by atoms with Gasteiger partial charge in [0.15, 0.2) is 0 Å². The second-order valence-electron chi connectivity index (χ2n) is 9.70. The number of allylic oxidation sites excluding steroid dienone is 4. The van der Waals surface area contributed by atoms with Gasteiger partial charge in [0, 0.05) is 0 Å². The van der Waals surface area contributed by atoms with Crippen LogP contribution in [0.25, 0.3) is 11.1 Å². The minimum atomic E-state index is -2.07. The topological polar surface area (TPSA) is 9.23 Å². The van der Waals surface area contributed by atoms with Crippen LogP contribution in [-0.2, 0) is 25.7 Å². The predicted octanol–water partition coefficient (Wildman–Crippen LogP) is 1.44. The monoisotopic (exact) mass is 562 g/mol. The van der Waals surface area contributed by atoms with Crippen LogP contribution >= 0.6 is 0 Å². The molecular formula is C27H34Cl2OSiZr. The molecule has 170 valence electrons. The predicted molar refractivity (Wildman–Crippen MR) is 129 cm³/mol. The zero-order valence-electron chi connectivity index (χ0n) is 19.8. The summed E-state index contributed by atoms with van der Waals surface area (Å²) in [5, 5.41) is 0. The van der Waals surface area contributed by atoms with E-state index in [1.165, 1.54) is 24.0 Å². The molecule has 2 aliphatic rings. The molecule has 0 aromatic heterocycles. The first-order chi connectivity index (χ1) is 14.4. The quantitative estimate of drug-likeness (QED) is 0.366. The fourth-order valence-corrected chi connectivity index (χ4v) is 14.4. The SMILES string of the molecule is C[C](C)=[Zr+2]([C]1=C(CCCO[Si](C)(C)C)C=CC1)[CH]1c2ccccc2-c2ccccc21.[Cl-].[Cl-]. The van der Waals surface area contributed by atoms with Crippen LogP contribution in [0, 0.1) is 0 Å². The van der Waals surface area contributed by atoms with Crippen molar-refractivity contribution >= 4 is 11.5 Å². The number of halogens is 2. The van der Waals surface area contributed by atoms with E-state index in [1.54, 1.807) is 19.9 Å². The summed E-state index contributed by atoms with van der Waals surface area (Å²) in [7, 11) is -1.42. The fourth-order valence-electron chi connectivity index (χ4n) is 4.94. The Labute approximate surface area is 215 Å². The number of hydrogen-bond donors (Lipinski definition) is 0. The van der Waals surface area contributed by atoms with Crippen LogP contribution in [0.2, 0.25) is 19.6 Å². The average molecular weight is 565 g/mol. The Kier molecular flexibility index (Phi) is 10.1. The molecule has 0 N–H and O–H groups in total. The maximum Gasteiger partial charge on any atom is -1.00 e. The molecule has 0 spiro atoms. The number of hydrogen-bond acceptors (Lipinski definition) is 1. The fraction of sp³-hybridized carbons (Fsp3) is 0.370. The minimum Gasteiger partial charge on any atom is -1.00 e. The van der Waals surface area contributed by atoms with E-state index in [9.17, 15) is 0 Å². The molecule has 4 rings (SSSR count). The van der Waals surface area contributed by atoms with Gasteiger partial charge in [-0.05, 0) is 0 Å². The molecule has 2 aliphatic carbocycles. The van der Waals surface area contributed by atoms with Crippen molar-refractivity contribution in [3.05, 3.63) is 80.7 Å². The summed E-state index contributed by atoms with van der Waals surface area (Å²) >= 11 is -2.07. The number of rotatable bonds is 7. The second-order valence-corrected chi connectivity index (χ2v) is 21.6. The molecule has 1 nitrogen and oxygen atoms in total. The third-order valence-corrected chi connectivity index (χ3v) is 15.7. The van der Waals surface area contributed by atoms with E-state index in [0.717, 1.165) is 13.0 Å². The summed E-state index contributed by atoms with van der Waals surface area (Å²) in [6, 6.07) is 18.3. The molecule has 0 saturated carbocycles. The van der Waals surface area contributed by atoms with E-state index in [4.69, 9.17) is 4.43 Å². The third kappa shape index (κ3) is 5.91. The molecule has 0 saturated heterocycles. The van der Waals surface area contributed by atoms with Crippen molar-refractivity contribution in [2.75, 3.05) is 6.61 Å². The van der Waals surface area contributed by atoms with Crippen LogP contribution in [0.5, 0.6) is 0 Å². The largest absolute Gasteiger partial charge is 1.00 e. The van der Waals surface area contributed by atoms with Crippen LogP contribution in [0.15, 0.2) is 69.5 Å². The molecule has 0 amide bonds. The van der Waals surface area contributed by atoms with E-state index in [2.05, 4.69) is 94.2 Å². The average Bonchev–Trinajstić information content (AvgIpc) is 3.29. The number of benzene rings is 2. The summed E-state index contributed by atoms with van der Waals surface area (Å²) in [6.45, 7) is 12.6. The maximum atomic E-state index is 6.13. The molecule has 0 unspecified atom stereocenters. The van der Waals surface area contributed by atoms with Crippen molar-refractivity contribution in [2.24, 2.45) is 0 Å². The van der Waals surface area contributed by atoms with Gasteiger partial charge in [-0.3, -0.25) is 0 Å². The third-order valence-electron chi connectivity index (χ3n) is 6.14. The van der Waals surface area contributed by atoms with Crippen LogP contribution in [-0.4, -0.2) is 18.1 Å². The number of fused-ring (bicyclic) bond motifs is 3. The van der Waals surface area contributed by atoms with Gasteiger partial charge in [-0.25, -0.2) is 0 Å². The van der Waals surface area contributed by atoms with Crippen molar-refractivity contribution in [2.45, 2.75) is 56.4 Å².